The maximum Gasteiger partial charge on any atom is 0.123 e. The van der Waals surface area contributed by atoms with Crippen molar-refractivity contribution in [1.82, 2.24) is 9.97 Å². The Balaban J connectivity index is 0.000000215. The van der Waals surface area contributed by atoms with Crippen molar-refractivity contribution < 1.29 is 28.9 Å². The molecule has 6 heteroatoms. The Morgan fingerprint density at radius 2 is 1.58 bits per heavy atom. The topological polar surface area (TPSA) is 38.9 Å². The Morgan fingerprint density at radius 3 is 2.30 bits per heavy atom. The number of hydrogen-bond donors (Lipinski definition) is 0. The Morgan fingerprint density at radius 1 is 0.800 bits per heavy atom. The quantitative estimate of drug-likeness (QED) is 0.124. The van der Waals surface area contributed by atoms with Crippen LogP contribution in [0.5, 0.6) is 0 Å². The summed E-state index contributed by atoms with van der Waals surface area (Å²) in [5.74, 6) is 0.525. The molecule has 50 heavy (non-hydrogen) atoms. The van der Waals surface area contributed by atoms with E-state index in [9.17, 15) is 4.39 Å². The van der Waals surface area contributed by atoms with Crippen molar-refractivity contribution in [1.29, 1.82) is 0 Å². The van der Waals surface area contributed by atoms with Crippen LogP contribution in [0.25, 0.3) is 55.6 Å². The summed E-state index contributed by atoms with van der Waals surface area (Å²) >= 11 is 0. The minimum Gasteiger partial charge on any atom is -0.477 e. The van der Waals surface area contributed by atoms with Crippen LogP contribution in [0.15, 0.2) is 120 Å². The van der Waals surface area contributed by atoms with Crippen LogP contribution in [-0.4, -0.2) is 18.0 Å². The van der Waals surface area contributed by atoms with E-state index in [0.717, 1.165) is 62.3 Å². The fraction of sp³-hybridized carbons (Fsp3) is 0.227. The standard InChI is InChI=1S/C30H25FNO.C14H16NSi.Ir/c31-24-12-10-22(11-13-24)26-18-23(19-29-30(26)25-8-4-5-9-28(25)33-29)27-17-21(14-15-32-27)16-20-6-2-1-3-7-20;1-16(2,3)13-9-10-14(15-11-13)12-7-5-4-6-8-12;/h4-5,8-15,17-18,20H,1-3,6-7,16H2;4-7,9-11H,1-3H3;/q2*-1;. The van der Waals surface area contributed by atoms with Gasteiger partial charge in [0.25, 0.3) is 0 Å². The monoisotopic (exact) mass is 853 g/mol. The van der Waals surface area contributed by atoms with Crippen molar-refractivity contribution in [2.45, 2.75) is 58.2 Å². The molecule has 0 N–H and O–H groups in total. The molecule has 3 aromatic heterocycles. The van der Waals surface area contributed by atoms with Gasteiger partial charge in [-0.25, -0.2) is 4.39 Å². The second-order valence-corrected chi connectivity index (χ2v) is 19.2. The summed E-state index contributed by atoms with van der Waals surface area (Å²) in [5, 5.41) is 3.43. The molecule has 0 bridgehead atoms. The van der Waals surface area contributed by atoms with Gasteiger partial charge in [-0.2, -0.15) is 0 Å². The van der Waals surface area contributed by atoms with Crippen molar-refractivity contribution in [3.8, 4) is 33.6 Å². The molecule has 0 unspecified atom stereocenters. The number of para-hydroxylation sites is 1. The van der Waals surface area contributed by atoms with Crippen LogP contribution in [0.4, 0.5) is 4.39 Å². The minimum absolute atomic E-state index is 0. The molecule has 4 aromatic carbocycles. The molecule has 3 nitrogen and oxygen atoms in total. The second-order valence-electron chi connectivity index (χ2n) is 14.1. The Labute approximate surface area is 309 Å². The van der Waals surface area contributed by atoms with Gasteiger partial charge in [0.1, 0.15) is 11.4 Å². The summed E-state index contributed by atoms with van der Waals surface area (Å²) in [7, 11) is -1.23. The van der Waals surface area contributed by atoms with E-state index in [1.807, 2.05) is 67.0 Å². The van der Waals surface area contributed by atoms with E-state index in [2.05, 4.69) is 78.1 Å². The first-order valence-corrected chi connectivity index (χ1v) is 20.8. The van der Waals surface area contributed by atoms with Crippen LogP contribution < -0.4 is 5.19 Å². The minimum atomic E-state index is -1.23. The fourth-order valence-corrected chi connectivity index (χ4v) is 7.83. The van der Waals surface area contributed by atoms with Crippen molar-refractivity contribution in [2.75, 3.05) is 0 Å². The summed E-state index contributed by atoms with van der Waals surface area (Å²) in [4.78, 5) is 9.20. The van der Waals surface area contributed by atoms with E-state index in [1.54, 1.807) is 0 Å². The third kappa shape index (κ3) is 8.21. The molecule has 1 radical (unpaired) electrons. The molecule has 0 amide bonds. The van der Waals surface area contributed by atoms with Crippen molar-refractivity contribution >= 4 is 35.2 Å². The summed E-state index contributed by atoms with van der Waals surface area (Å²) in [5.41, 5.74) is 8.65. The van der Waals surface area contributed by atoms with E-state index < -0.39 is 8.07 Å². The first-order chi connectivity index (χ1) is 23.8. The molecule has 1 aliphatic rings. The molecule has 7 aromatic rings. The van der Waals surface area contributed by atoms with E-state index in [-0.39, 0.29) is 25.9 Å². The van der Waals surface area contributed by atoms with E-state index in [1.165, 1.54) is 55.0 Å². The second kappa shape index (κ2) is 15.8. The largest absolute Gasteiger partial charge is 0.477 e. The number of pyridine rings is 2. The molecular formula is C44H41FIrN2OSi-2. The van der Waals surface area contributed by atoms with Crippen LogP contribution in [0.3, 0.4) is 0 Å². The van der Waals surface area contributed by atoms with E-state index >= 15 is 0 Å². The predicted octanol–water partition coefficient (Wildman–Crippen LogP) is 11.5. The number of aromatic nitrogens is 2. The number of furan rings is 1. The summed E-state index contributed by atoms with van der Waals surface area (Å²) in [6.07, 6.45) is 11.7. The Hall–Kier alpha value is -4.22. The maximum atomic E-state index is 13.7. The molecule has 0 atom stereocenters. The summed E-state index contributed by atoms with van der Waals surface area (Å²) in [6, 6.07) is 40.0. The molecule has 3 heterocycles. The van der Waals surface area contributed by atoms with Gasteiger partial charge in [-0.15, -0.1) is 47.5 Å². The molecule has 0 aliphatic heterocycles. The van der Waals surface area contributed by atoms with E-state index in [4.69, 9.17) is 4.42 Å². The average Bonchev–Trinajstić information content (AvgIpc) is 3.51. The maximum absolute atomic E-state index is 13.7. The average molecular weight is 853 g/mol. The SMILES string of the molecule is C[Si](C)(C)c1ccc(-c2[c-]cccc2)nc1.Fc1ccc(-c2cc(-c3cc(CC4CCCCC4)ccn3)[c-]c3oc4ccccc4c23)cc1.[Ir]. The molecule has 1 aliphatic carbocycles. The van der Waals surface area contributed by atoms with Gasteiger partial charge in [0.2, 0.25) is 0 Å². The molecule has 255 valence electrons. The number of rotatable bonds is 6. The molecule has 0 saturated heterocycles. The van der Waals surface area contributed by atoms with Gasteiger partial charge < -0.3 is 14.4 Å². The zero-order valence-corrected chi connectivity index (χ0v) is 32.2. The zero-order valence-electron chi connectivity index (χ0n) is 28.8. The predicted molar refractivity (Wildman–Crippen MR) is 203 cm³/mol. The zero-order chi connectivity index (χ0) is 33.8. The summed E-state index contributed by atoms with van der Waals surface area (Å²) in [6.45, 7) is 7.00. The third-order valence-corrected chi connectivity index (χ3v) is 11.5. The van der Waals surface area contributed by atoms with Crippen LogP contribution in [-0.2, 0) is 26.5 Å². The van der Waals surface area contributed by atoms with Gasteiger partial charge >= 0.3 is 0 Å². The fourth-order valence-electron chi connectivity index (χ4n) is 6.79. The van der Waals surface area contributed by atoms with Crippen LogP contribution in [0.2, 0.25) is 19.6 Å². The van der Waals surface area contributed by atoms with Gasteiger partial charge in [-0.05, 0) is 69.5 Å². The number of halogens is 1. The number of benzene rings is 4. The molecular weight excluding hydrogens is 812 g/mol. The van der Waals surface area contributed by atoms with E-state index in [0.29, 0.717) is 5.58 Å². The smallest absolute Gasteiger partial charge is 0.123 e. The van der Waals surface area contributed by atoms with Gasteiger partial charge in [0.15, 0.2) is 0 Å². The van der Waals surface area contributed by atoms with Crippen molar-refractivity contribution in [2.24, 2.45) is 5.92 Å². The molecule has 0 spiro atoms. The first-order valence-electron chi connectivity index (χ1n) is 17.3. The van der Waals surface area contributed by atoms with Gasteiger partial charge in [-0.1, -0.05) is 117 Å². The van der Waals surface area contributed by atoms with Crippen molar-refractivity contribution in [3.05, 3.63) is 139 Å². The Bertz CT molecular complexity index is 2170. The van der Waals surface area contributed by atoms with Gasteiger partial charge in [0, 0.05) is 32.5 Å². The number of fused-ring (bicyclic) bond motifs is 3. The van der Waals surface area contributed by atoms with Gasteiger partial charge in [0.05, 0.1) is 13.7 Å². The molecule has 8 rings (SSSR count). The number of hydrogen-bond acceptors (Lipinski definition) is 3. The van der Waals surface area contributed by atoms with Crippen LogP contribution in [0, 0.1) is 23.9 Å². The Kier molecular flexibility index (Phi) is 11.2. The van der Waals surface area contributed by atoms with Crippen LogP contribution in [0.1, 0.15) is 37.7 Å². The number of nitrogens with zero attached hydrogens (tertiary/aromatic N) is 2. The molecule has 1 fully saturated rings. The molecule has 1 saturated carbocycles. The van der Waals surface area contributed by atoms with Gasteiger partial charge in [-0.3, -0.25) is 0 Å². The van der Waals surface area contributed by atoms with Crippen molar-refractivity contribution in [3.63, 3.8) is 0 Å². The first kappa shape index (κ1) is 35.6. The van der Waals surface area contributed by atoms with Crippen LogP contribution >= 0.6 is 0 Å². The normalized spacial score (nSPS) is 13.4. The third-order valence-electron chi connectivity index (χ3n) is 9.52. The summed E-state index contributed by atoms with van der Waals surface area (Å²) < 4.78 is 19.9.